The third-order valence-electron chi connectivity index (χ3n) is 6.20. The summed E-state index contributed by atoms with van der Waals surface area (Å²) in [4.78, 5) is 37.7. The number of rotatable bonds is 7. The molecular formula is C26H29ClN4O3. The molecule has 7 nitrogen and oxygen atoms in total. The van der Waals surface area contributed by atoms with Crippen molar-refractivity contribution in [2.75, 3.05) is 11.9 Å². The second-order valence-electron chi connectivity index (χ2n) is 8.73. The highest BCUT2D eigenvalue weighted by Crippen LogP contribution is 2.23. The molecule has 3 amide bonds. The Bertz CT molecular complexity index is 1080. The number of amides is 3. The summed E-state index contributed by atoms with van der Waals surface area (Å²) in [7, 11) is 0. The average molecular weight is 481 g/mol. The summed E-state index contributed by atoms with van der Waals surface area (Å²) in [6.45, 7) is 0.515. The molecule has 0 bridgehead atoms. The van der Waals surface area contributed by atoms with Gasteiger partial charge in [0.15, 0.2) is 0 Å². The fraction of sp³-hybridized carbons (Fsp3) is 0.385. The lowest BCUT2D eigenvalue weighted by molar-refractivity contribution is -0.132. The van der Waals surface area contributed by atoms with E-state index in [4.69, 9.17) is 11.6 Å². The van der Waals surface area contributed by atoms with E-state index in [2.05, 4.69) is 15.7 Å². The van der Waals surface area contributed by atoms with Crippen molar-refractivity contribution in [1.29, 1.82) is 0 Å². The Kier molecular flexibility index (Phi) is 7.95. The molecule has 0 aromatic heterocycles. The number of nitrogens with one attached hydrogen (secondary N) is 2. The van der Waals surface area contributed by atoms with Crippen molar-refractivity contribution >= 4 is 40.7 Å². The fourth-order valence-corrected chi connectivity index (χ4v) is 4.53. The molecule has 34 heavy (non-hydrogen) atoms. The Balaban J connectivity index is 1.29. The molecule has 0 unspecified atom stereocenters. The number of hydrogen-bond donors (Lipinski definition) is 2. The molecule has 1 aliphatic carbocycles. The first-order chi connectivity index (χ1) is 16.5. The van der Waals surface area contributed by atoms with Crippen LogP contribution in [0.4, 0.5) is 5.69 Å². The Morgan fingerprint density at radius 3 is 2.53 bits per heavy atom. The molecule has 0 spiro atoms. The molecule has 0 atom stereocenters. The number of anilines is 1. The molecule has 2 aromatic carbocycles. The zero-order chi connectivity index (χ0) is 23.9. The van der Waals surface area contributed by atoms with Crippen LogP contribution < -0.4 is 10.6 Å². The standard InChI is InChI=1S/C26H29ClN4O3/c27-22-12-11-20(17-21(22)26(34)29-19-9-5-2-6-10-19)28-24(32)13-14-25(33)31-16-15-23(30-31)18-7-3-1-4-8-18/h1,3-4,7-8,11-12,17,19H,2,5-6,9-10,13-16H2,(H,28,32)(H,29,34). The first-order valence-corrected chi connectivity index (χ1v) is 12.2. The maximum Gasteiger partial charge on any atom is 0.253 e. The minimum Gasteiger partial charge on any atom is -0.349 e. The first kappa shape index (κ1) is 24.0. The Labute approximate surface area is 204 Å². The third-order valence-corrected chi connectivity index (χ3v) is 6.53. The fourth-order valence-electron chi connectivity index (χ4n) is 4.33. The van der Waals surface area contributed by atoms with Gasteiger partial charge in [0, 0.05) is 31.0 Å². The monoisotopic (exact) mass is 480 g/mol. The Morgan fingerprint density at radius 1 is 1.00 bits per heavy atom. The maximum absolute atomic E-state index is 12.7. The highest BCUT2D eigenvalue weighted by Gasteiger charge is 2.22. The molecular weight excluding hydrogens is 452 g/mol. The van der Waals surface area contributed by atoms with Gasteiger partial charge in [0.1, 0.15) is 0 Å². The molecule has 0 saturated heterocycles. The summed E-state index contributed by atoms with van der Waals surface area (Å²) in [5, 5.41) is 12.0. The maximum atomic E-state index is 12.7. The topological polar surface area (TPSA) is 90.9 Å². The van der Waals surface area contributed by atoms with Crippen LogP contribution in [-0.4, -0.2) is 41.0 Å². The van der Waals surface area contributed by atoms with Crippen LogP contribution in [0.5, 0.6) is 0 Å². The van der Waals surface area contributed by atoms with E-state index in [-0.39, 0.29) is 36.6 Å². The van der Waals surface area contributed by atoms with Gasteiger partial charge >= 0.3 is 0 Å². The molecule has 8 heteroatoms. The largest absolute Gasteiger partial charge is 0.349 e. The third kappa shape index (κ3) is 6.23. The predicted molar refractivity (Wildman–Crippen MR) is 133 cm³/mol. The van der Waals surface area contributed by atoms with Gasteiger partial charge in [0.05, 0.1) is 22.8 Å². The first-order valence-electron chi connectivity index (χ1n) is 11.8. The van der Waals surface area contributed by atoms with E-state index in [9.17, 15) is 14.4 Å². The Morgan fingerprint density at radius 2 is 1.76 bits per heavy atom. The van der Waals surface area contributed by atoms with E-state index in [0.717, 1.165) is 37.0 Å². The second-order valence-corrected chi connectivity index (χ2v) is 9.14. The van der Waals surface area contributed by atoms with E-state index in [1.807, 2.05) is 30.3 Å². The second kappa shape index (κ2) is 11.3. The molecule has 1 heterocycles. The number of carbonyl (C=O) groups is 3. The van der Waals surface area contributed by atoms with Gasteiger partial charge in [-0.15, -0.1) is 0 Å². The number of benzene rings is 2. The number of hydrazone groups is 1. The summed E-state index contributed by atoms with van der Waals surface area (Å²) in [6, 6.07) is 14.7. The summed E-state index contributed by atoms with van der Waals surface area (Å²) >= 11 is 6.24. The molecule has 0 radical (unpaired) electrons. The zero-order valence-electron chi connectivity index (χ0n) is 19.1. The lowest BCUT2D eigenvalue weighted by Crippen LogP contribution is -2.36. The van der Waals surface area contributed by atoms with E-state index in [1.165, 1.54) is 11.4 Å². The van der Waals surface area contributed by atoms with E-state index in [1.54, 1.807) is 18.2 Å². The average Bonchev–Trinajstić information content (AvgIpc) is 3.35. The summed E-state index contributed by atoms with van der Waals surface area (Å²) in [5.74, 6) is -0.727. The molecule has 2 aliphatic rings. The molecule has 1 saturated carbocycles. The highest BCUT2D eigenvalue weighted by molar-refractivity contribution is 6.34. The minimum atomic E-state index is -0.305. The summed E-state index contributed by atoms with van der Waals surface area (Å²) in [5.41, 5.74) is 2.68. The Hall–Kier alpha value is -3.19. The number of carbonyl (C=O) groups excluding carboxylic acids is 3. The van der Waals surface area contributed by atoms with Crippen LogP contribution in [0.25, 0.3) is 0 Å². The van der Waals surface area contributed by atoms with E-state index >= 15 is 0 Å². The number of nitrogens with zero attached hydrogens (tertiary/aromatic N) is 2. The van der Waals surface area contributed by atoms with Crippen LogP contribution in [0.15, 0.2) is 53.6 Å². The van der Waals surface area contributed by atoms with Crippen molar-refractivity contribution in [3.63, 3.8) is 0 Å². The molecule has 4 rings (SSSR count). The van der Waals surface area contributed by atoms with Crippen LogP contribution >= 0.6 is 11.6 Å². The number of hydrogen-bond acceptors (Lipinski definition) is 4. The molecule has 2 N–H and O–H groups in total. The molecule has 1 fully saturated rings. The van der Waals surface area contributed by atoms with Gasteiger partial charge in [-0.25, -0.2) is 5.01 Å². The van der Waals surface area contributed by atoms with Gasteiger partial charge in [-0.1, -0.05) is 61.2 Å². The lowest BCUT2D eigenvalue weighted by atomic mass is 9.95. The lowest BCUT2D eigenvalue weighted by Gasteiger charge is -2.23. The molecule has 178 valence electrons. The number of halogens is 1. The van der Waals surface area contributed by atoms with Gasteiger partial charge in [0.25, 0.3) is 5.91 Å². The van der Waals surface area contributed by atoms with Crippen molar-refractivity contribution in [3.05, 3.63) is 64.7 Å². The SMILES string of the molecule is O=C(CCC(=O)N1CCC(c2ccccc2)=N1)Nc1ccc(Cl)c(C(=O)NC2CCCCC2)c1. The van der Waals surface area contributed by atoms with Crippen molar-refractivity contribution in [1.82, 2.24) is 10.3 Å². The normalized spacial score (nSPS) is 16.1. The molecule has 2 aromatic rings. The van der Waals surface area contributed by atoms with Gasteiger partial charge in [0.2, 0.25) is 11.8 Å². The minimum absolute atomic E-state index is 0.0255. The summed E-state index contributed by atoms with van der Waals surface area (Å²) < 4.78 is 0. The quantitative estimate of drug-likeness (QED) is 0.598. The van der Waals surface area contributed by atoms with Gasteiger partial charge in [-0.05, 0) is 36.6 Å². The van der Waals surface area contributed by atoms with E-state index in [0.29, 0.717) is 29.2 Å². The van der Waals surface area contributed by atoms with Crippen LogP contribution in [-0.2, 0) is 9.59 Å². The zero-order valence-corrected chi connectivity index (χ0v) is 19.8. The van der Waals surface area contributed by atoms with E-state index < -0.39 is 0 Å². The van der Waals surface area contributed by atoms with Gasteiger partial charge in [-0.3, -0.25) is 14.4 Å². The van der Waals surface area contributed by atoms with Crippen molar-refractivity contribution in [2.45, 2.75) is 57.4 Å². The van der Waals surface area contributed by atoms with Crippen LogP contribution in [0, 0.1) is 0 Å². The molecule has 1 aliphatic heterocycles. The van der Waals surface area contributed by atoms with Crippen LogP contribution in [0.2, 0.25) is 5.02 Å². The predicted octanol–water partition coefficient (Wildman–Crippen LogP) is 4.76. The van der Waals surface area contributed by atoms with Crippen molar-refractivity contribution in [2.24, 2.45) is 5.10 Å². The van der Waals surface area contributed by atoms with Crippen LogP contribution in [0.1, 0.15) is 67.3 Å². The van der Waals surface area contributed by atoms with Gasteiger partial charge in [-0.2, -0.15) is 5.10 Å². The van der Waals surface area contributed by atoms with Gasteiger partial charge < -0.3 is 10.6 Å². The summed E-state index contributed by atoms with van der Waals surface area (Å²) in [6.07, 6.45) is 6.16. The van der Waals surface area contributed by atoms with Crippen molar-refractivity contribution < 1.29 is 14.4 Å². The van der Waals surface area contributed by atoms with Crippen molar-refractivity contribution in [3.8, 4) is 0 Å². The van der Waals surface area contributed by atoms with Crippen LogP contribution in [0.3, 0.4) is 0 Å². The highest BCUT2D eigenvalue weighted by atomic mass is 35.5. The smallest absolute Gasteiger partial charge is 0.253 e.